The van der Waals surface area contributed by atoms with Gasteiger partial charge in [-0.1, -0.05) is 37.1 Å². The Morgan fingerprint density at radius 2 is 1.14 bits per heavy atom. The van der Waals surface area contributed by atoms with Crippen LogP contribution < -0.4 is 9.47 Å². The van der Waals surface area contributed by atoms with Crippen LogP contribution in [0.2, 0.25) is 0 Å². The van der Waals surface area contributed by atoms with E-state index in [1.807, 2.05) is 48.5 Å². The average molecular weight is 483 g/mol. The Labute approximate surface area is 210 Å². The summed E-state index contributed by atoms with van der Waals surface area (Å²) in [5.74, 6) is 1.79. The summed E-state index contributed by atoms with van der Waals surface area (Å²) < 4.78 is 10.8. The second-order valence-electron chi connectivity index (χ2n) is 9.16. The number of aromatic hydroxyl groups is 2. The van der Waals surface area contributed by atoms with Gasteiger partial charge in [0.15, 0.2) is 0 Å². The first-order valence-corrected chi connectivity index (χ1v) is 12.2. The van der Waals surface area contributed by atoms with E-state index in [4.69, 9.17) is 19.5 Å². The fraction of sp³-hybridized carbons (Fsp3) is 0.267. The average Bonchev–Trinajstić information content (AvgIpc) is 2.90. The molecule has 0 spiro atoms. The SMILES string of the molecule is COc1cccc2cc(C=N[C@@H]3CCCC[C@H]3N=Cc3cc4cccc(OC)c4cc3O)c(O)cc12. The fourth-order valence-corrected chi connectivity index (χ4v) is 4.96. The van der Waals surface area contributed by atoms with Crippen molar-refractivity contribution in [3.05, 3.63) is 71.8 Å². The van der Waals surface area contributed by atoms with Gasteiger partial charge >= 0.3 is 0 Å². The van der Waals surface area contributed by atoms with Gasteiger partial charge in [-0.2, -0.15) is 0 Å². The zero-order valence-corrected chi connectivity index (χ0v) is 20.5. The number of rotatable bonds is 6. The number of aliphatic imine (C=N–C) groups is 2. The van der Waals surface area contributed by atoms with Gasteiger partial charge in [0.05, 0.1) is 26.3 Å². The van der Waals surface area contributed by atoms with Crippen molar-refractivity contribution >= 4 is 34.0 Å². The molecule has 36 heavy (non-hydrogen) atoms. The van der Waals surface area contributed by atoms with Crippen LogP contribution in [0.4, 0.5) is 0 Å². The summed E-state index contributed by atoms with van der Waals surface area (Å²) in [6.45, 7) is 0. The molecule has 1 aliphatic carbocycles. The number of nitrogens with zero attached hydrogens (tertiary/aromatic N) is 2. The van der Waals surface area contributed by atoms with Crippen molar-refractivity contribution < 1.29 is 19.7 Å². The highest BCUT2D eigenvalue weighted by Gasteiger charge is 2.23. The summed E-state index contributed by atoms with van der Waals surface area (Å²) >= 11 is 0. The molecule has 1 fully saturated rings. The highest BCUT2D eigenvalue weighted by molar-refractivity contribution is 5.97. The molecule has 0 aromatic heterocycles. The topological polar surface area (TPSA) is 83.6 Å². The molecule has 6 nitrogen and oxygen atoms in total. The minimum absolute atomic E-state index is 0.0121. The second kappa shape index (κ2) is 10.3. The Balaban J connectivity index is 1.39. The summed E-state index contributed by atoms with van der Waals surface area (Å²) in [7, 11) is 3.25. The number of hydrogen-bond acceptors (Lipinski definition) is 6. The van der Waals surface area contributed by atoms with E-state index in [0.29, 0.717) is 11.1 Å². The van der Waals surface area contributed by atoms with Gasteiger partial charge in [-0.25, -0.2) is 0 Å². The molecule has 184 valence electrons. The second-order valence-corrected chi connectivity index (χ2v) is 9.16. The Morgan fingerprint density at radius 3 is 1.56 bits per heavy atom. The maximum absolute atomic E-state index is 10.6. The summed E-state index contributed by atoms with van der Waals surface area (Å²) in [5.41, 5.74) is 1.34. The molecule has 6 heteroatoms. The molecule has 0 bridgehead atoms. The zero-order chi connectivity index (χ0) is 25.1. The third-order valence-electron chi connectivity index (χ3n) is 6.92. The Bertz CT molecular complexity index is 1350. The molecule has 0 radical (unpaired) electrons. The van der Waals surface area contributed by atoms with E-state index in [-0.39, 0.29) is 23.6 Å². The van der Waals surface area contributed by atoms with Crippen LogP contribution in [0.15, 0.2) is 70.6 Å². The normalized spacial score (nSPS) is 18.4. The molecular weight excluding hydrogens is 452 g/mol. The molecule has 2 N–H and O–H groups in total. The summed E-state index contributed by atoms with van der Waals surface area (Å²) in [5, 5.41) is 24.9. The van der Waals surface area contributed by atoms with Crippen molar-refractivity contribution in [3.63, 3.8) is 0 Å². The van der Waals surface area contributed by atoms with Crippen LogP contribution in [0.25, 0.3) is 21.5 Å². The summed E-state index contributed by atoms with van der Waals surface area (Å²) in [4.78, 5) is 9.69. The Hall–Kier alpha value is -4.06. The minimum atomic E-state index is 0.0121. The van der Waals surface area contributed by atoms with E-state index < -0.39 is 0 Å². The highest BCUT2D eigenvalue weighted by atomic mass is 16.5. The molecular formula is C30H30N2O4. The summed E-state index contributed by atoms with van der Waals surface area (Å²) in [6, 6.07) is 18.9. The monoisotopic (exact) mass is 482 g/mol. The van der Waals surface area contributed by atoms with Gasteiger partial charge in [-0.15, -0.1) is 0 Å². The fourth-order valence-electron chi connectivity index (χ4n) is 4.96. The predicted molar refractivity (Wildman–Crippen MR) is 146 cm³/mol. The van der Waals surface area contributed by atoms with Crippen LogP contribution in [0.1, 0.15) is 36.8 Å². The van der Waals surface area contributed by atoms with Gasteiger partial charge in [0, 0.05) is 34.3 Å². The third kappa shape index (κ3) is 4.71. The molecule has 0 heterocycles. The van der Waals surface area contributed by atoms with Gasteiger partial charge in [0.2, 0.25) is 0 Å². The van der Waals surface area contributed by atoms with E-state index >= 15 is 0 Å². The van der Waals surface area contributed by atoms with E-state index in [1.165, 1.54) is 0 Å². The molecule has 1 aliphatic rings. The van der Waals surface area contributed by atoms with Gasteiger partial charge in [-0.05, 0) is 60.0 Å². The first-order valence-electron chi connectivity index (χ1n) is 12.2. The highest BCUT2D eigenvalue weighted by Crippen LogP contribution is 2.33. The van der Waals surface area contributed by atoms with E-state index in [0.717, 1.165) is 58.7 Å². The quantitative estimate of drug-likeness (QED) is 0.317. The number of ether oxygens (including phenoxy) is 2. The van der Waals surface area contributed by atoms with Crippen LogP contribution in [-0.4, -0.2) is 48.9 Å². The van der Waals surface area contributed by atoms with Crippen molar-refractivity contribution in [1.82, 2.24) is 0 Å². The molecule has 0 aliphatic heterocycles. The molecule has 0 amide bonds. The standard InChI is InChI=1S/C30H30N2O4/c1-35-29-11-5-7-19-13-21(27(33)15-23(19)29)17-31-25-9-3-4-10-26(25)32-18-22-14-20-8-6-12-30(36-2)24(20)16-28(22)34/h5-8,11-18,25-26,33-34H,3-4,9-10H2,1-2H3/t25-,26-/m1/s1. The molecule has 2 atom stereocenters. The van der Waals surface area contributed by atoms with E-state index in [1.54, 1.807) is 38.8 Å². The predicted octanol–water partition coefficient (Wildman–Crippen LogP) is 6.27. The van der Waals surface area contributed by atoms with Crippen molar-refractivity contribution in [2.45, 2.75) is 37.8 Å². The van der Waals surface area contributed by atoms with Crippen LogP contribution in [0.5, 0.6) is 23.0 Å². The molecule has 0 unspecified atom stereocenters. The number of fused-ring (bicyclic) bond motifs is 2. The summed E-state index contributed by atoms with van der Waals surface area (Å²) in [6.07, 6.45) is 7.56. The number of hydrogen-bond donors (Lipinski definition) is 2. The Kier molecular flexibility index (Phi) is 6.76. The maximum Gasteiger partial charge on any atom is 0.126 e. The van der Waals surface area contributed by atoms with Crippen molar-refractivity contribution in [1.29, 1.82) is 0 Å². The lowest BCUT2D eigenvalue weighted by molar-refractivity contribution is 0.390. The number of phenols is 2. The number of benzene rings is 4. The lowest BCUT2D eigenvalue weighted by Gasteiger charge is -2.25. The molecule has 5 rings (SSSR count). The smallest absolute Gasteiger partial charge is 0.126 e. The zero-order valence-electron chi connectivity index (χ0n) is 20.5. The lowest BCUT2D eigenvalue weighted by atomic mass is 9.91. The molecule has 4 aromatic rings. The number of methoxy groups -OCH3 is 2. The van der Waals surface area contributed by atoms with Crippen LogP contribution >= 0.6 is 0 Å². The van der Waals surface area contributed by atoms with Crippen molar-refractivity contribution in [2.75, 3.05) is 14.2 Å². The maximum atomic E-state index is 10.6. The minimum Gasteiger partial charge on any atom is -0.507 e. The Morgan fingerprint density at radius 1 is 0.694 bits per heavy atom. The lowest BCUT2D eigenvalue weighted by Crippen LogP contribution is -2.27. The van der Waals surface area contributed by atoms with Crippen LogP contribution in [0, 0.1) is 0 Å². The van der Waals surface area contributed by atoms with Gasteiger partial charge in [0.1, 0.15) is 23.0 Å². The van der Waals surface area contributed by atoms with Crippen molar-refractivity contribution in [2.24, 2.45) is 9.98 Å². The van der Waals surface area contributed by atoms with Gasteiger partial charge in [-0.3, -0.25) is 9.98 Å². The largest absolute Gasteiger partial charge is 0.507 e. The number of phenolic OH excluding ortho intramolecular Hbond substituents is 2. The van der Waals surface area contributed by atoms with Crippen molar-refractivity contribution in [3.8, 4) is 23.0 Å². The first-order chi connectivity index (χ1) is 17.6. The van der Waals surface area contributed by atoms with E-state index in [2.05, 4.69) is 0 Å². The van der Waals surface area contributed by atoms with Crippen LogP contribution in [-0.2, 0) is 0 Å². The molecule has 0 saturated heterocycles. The van der Waals surface area contributed by atoms with E-state index in [9.17, 15) is 10.2 Å². The molecule has 1 saturated carbocycles. The van der Waals surface area contributed by atoms with Gasteiger partial charge < -0.3 is 19.7 Å². The van der Waals surface area contributed by atoms with Crippen LogP contribution in [0.3, 0.4) is 0 Å². The first kappa shape index (κ1) is 23.7. The third-order valence-corrected chi connectivity index (χ3v) is 6.92. The van der Waals surface area contributed by atoms with Gasteiger partial charge in [0.25, 0.3) is 0 Å². The molecule has 4 aromatic carbocycles.